The van der Waals surface area contributed by atoms with Crippen molar-refractivity contribution in [3.05, 3.63) is 97.2 Å². The van der Waals surface area contributed by atoms with Crippen LogP contribution in [0, 0.1) is 0 Å². The van der Waals surface area contributed by atoms with E-state index in [-0.39, 0.29) is 31.5 Å². The number of ether oxygens (including phenoxy) is 1. The summed E-state index contributed by atoms with van der Waals surface area (Å²) >= 11 is 0. The van der Waals surface area contributed by atoms with E-state index >= 15 is 0 Å². The van der Waals surface area contributed by atoms with Crippen molar-refractivity contribution in [2.45, 2.75) is 303 Å². The molecule has 0 aliphatic rings. The number of carbonyl (C=O) groups excluding carboxylic acids is 2. The van der Waals surface area contributed by atoms with Gasteiger partial charge in [-0.2, -0.15) is 0 Å². The van der Waals surface area contributed by atoms with Gasteiger partial charge in [-0.15, -0.1) is 0 Å². The van der Waals surface area contributed by atoms with E-state index in [1.54, 1.807) is 0 Å². The third-order valence-electron chi connectivity index (χ3n) is 14.5. The number of nitrogens with zero attached hydrogens (tertiary/aromatic N) is 1. The summed E-state index contributed by atoms with van der Waals surface area (Å²) in [7, 11) is 1.48. The zero-order chi connectivity index (χ0) is 59.3. The molecule has 468 valence electrons. The Bertz CT molecular complexity index is 1710. The number of phosphoric ester groups is 1. The van der Waals surface area contributed by atoms with E-state index in [1.165, 1.54) is 135 Å². The molecule has 0 aliphatic heterocycles. The molecule has 0 radical (unpaired) electrons. The van der Waals surface area contributed by atoms with E-state index in [0.29, 0.717) is 17.4 Å². The van der Waals surface area contributed by atoms with Crippen molar-refractivity contribution in [1.29, 1.82) is 0 Å². The Balaban J connectivity index is 5.11. The van der Waals surface area contributed by atoms with E-state index in [9.17, 15) is 19.0 Å². The van der Waals surface area contributed by atoms with Crippen LogP contribution >= 0.6 is 7.82 Å². The van der Waals surface area contributed by atoms with Crippen LogP contribution < -0.4 is 5.32 Å². The number of likely N-dealkylation sites (N-methyl/N-ethyl adjacent to an activating group) is 1. The van der Waals surface area contributed by atoms with Crippen LogP contribution in [0.3, 0.4) is 0 Å². The van der Waals surface area contributed by atoms with Crippen molar-refractivity contribution < 1.29 is 37.3 Å². The number of esters is 1. The van der Waals surface area contributed by atoms with Gasteiger partial charge in [0.15, 0.2) is 0 Å². The highest BCUT2D eigenvalue weighted by Crippen LogP contribution is 2.43. The molecule has 0 spiro atoms. The summed E-state index contributed by atoms with van der Waals surface area (Å²) in [5.41, 5.74) is 0. The number of nitrogens with one attached hydrogen (secondary N) is 1. The predicted octanol–water partition coefficient (Wildman–Crippen LogP) is 21.1. The van der Waals surface area contributed by atoms with Crippen molar-refractivity contribution in [3.63, 3.8) is 0 Å². The molecular weight excluding hydrogens is 1020 g/mol. The number of rotatable bonds is 60. The van der Waals surface area contributed by atoms with Crippen molar-refractivity contribution in [3.8, 4) is 0 Å². The first-order chi connectivity index (χ1) is 39.4. The van der Waals surface area contributed by atoms with Crippen LogP contribution in [-0.4, -0.2) is 74.3 Å². The molecular formula is C71H128N2O7P+. The molecule has 10 heteroatoms. The molecule has 0 aliphatic carbocycles. The summed E-state index contributed by atoms with van der Waals surface area (Å²) in [6.45, 7) is 6.87. The van der Waals surface area contributed by atoms with Crippen molar-refractivity contribution in [2.24, 2.45) is 0 Å². The van der Waals surface area contributed by atoms with Crippen LogP contribution in [0.5, 0.6) is 0 Å². The Labute approximate surface area is 500 Å². The molecule has 0 saturated carbocycles. The van der Waals surface area contributed by atoms with Gasteiger partial charge < -0.3 is 19.4 Å². The molecule has 3 unspecified atom stereocenters. The molecule has 1 amide bonds. The number of hydrogen-bond donors (Lipinski definition) is 2. The monoisotopic (exact) mass is 1150 g/mol. The van der Waals surface area contributed by atoms with Gasteiger partial charge in [0, 0.05) is 12.8 Å². The van der Waals surface area contributed by atoms with Gasteiger partial charge in [0.2, 0.25) is 5.91 Å². The number of phosphoric acid groups is 1. The molecule has 0 bridgehead atoms. The van der Waals surface area contributed by atoms with E-state index < -0.39 is 20.0 Å². The highest BCUT2D eigenvalue weighted by molar-refractivity contribution is 7.47. The van der Waals surface area contributed by atoms with Crippen LogP contribution in [0.25, 0.3) is 0 Å². The van der Waals surface area contributed by atoms with Gasteiger partial charge in [0.1, 0.15) is 19.3 Å². The van der Waals surface area contributed by atoms with Gasteiger partial charge in [0.25, 0.3) is 0 Å². The quantitative estimate of drug-likeness (QED) is 0.0205. The molecule has 0 heterocycles. The molecule has 0 aromatic rings. The van der Waals surface area contributed by atoms with Gasteiger partial charge in [0.05, 0.1) is 33.8 Å². The fourth-order valence-corrected chi connectivity index (χ4v) is 10.1. The minimum absolute atomic E-state index is 0.0347. The van der Waals surface area contributed by atoms with Crippen LogP contribution in [0.15, 0.2) is 97.2 Å². The highest BCUT2D eigenvalue weighted by Gasteiger charge is 2.30. The summed E-state index contributed by atoms with van der Waals surface area (Å²) in [5, 5.41) is 3.06. The fraction of sp³-hybridized carbons (Fsp3) is 0.746. The molecule has 0 aromatic heterocycles. The summed E-state index contributed by atoms with van der Waals surface area (Å²) in [6, 6.07) is -0.858. The van der Waals surface area contributed by atoms with E-state index in [2.05, 4.69) is 111 Å². The largest absolute Gasteiger partial charge is 0.472 e. The second-order valence-corrected chi connectivity index (χ2v) is 25.1. The average Bonchev–Trinajstić information content (AvgIpc) is 3.43. The lowest BCUT2D eigenvalue weighted by atomic mass is 10.0. The maximum atomic E-state index is 13.6. The number of carbonyl (C=O) groups is 2. The molecule has 0 fully saturated rings. The minimum atomic E-state index is -4.46. The smallest absolute Gasteiger partial charge is 0.456 e. The molecule has 81 heavy (non-hydrogen) atoms. The minimum Gasteiger partial charge on any atom is -0.456 e. The predicted molar refractivity (Wildman–Crippen MR) is 350 cm³/mol. The SMILES string of the molecule is CC/C=C\C/C=C\C/C=C\C/C=C\C/C=C\CCCCCCCCCCCC(=O)OC(/C=C\CCCCCCCCCCC)C(COP(=O)(O)OCC[N+](C)(C)C)NC(=O)CCCCCCCCCCC/C=C\C/C=C\CCCCC. The second kappa shape index (κ2) is 60.1. The number of quaternary nitrogens is 1. The molecule has 0 aromatic carbocycles. The van der Waals surface area contributed by atoms with Crippen molar-refractivity contribution >= 4 is 19.7 Å². The first kappa shape index (κ1) is 77.9. The van der Waals surface area contributed by atoms with Crippen LogP contribution in [0.1, 0.15) is 290 Å². The van der Waals surface area contributed by atoms with Gasteiger partial charge in [-0.3, -0.25) is 18.6 Å². The number of allylic oxidation sites excluding steroid dienone is 15. The first-order valence-electron chi connectivity index (χ1n) is 33.6. The standard InChI is InChI=1S/C71H127N2O7P/c1-7-10-13-16-19-22-25-27-29-31-33-34-35-36-37-38-40-42-44-46-49-52-55-58-61-64-71(75)80-69(62-59-56-53-50-47-24-21-18-15-12-9-3)68(67-79-81(76,77)78-66-65-73(4,5)6)72-70(74)63-60-57-54-51-48-45-43-41-39-32-30-28-26-23-20-17-14-11-8-2/h10,13,19-20,22-23,27-30,33-34,36-37,59,62,68-69H,7-9,11-12,14-18,21,24-26,31-32,35,38-58,60-61,63-67H2,1-6H3,(H-,72,74,76,77)/p+1/b13-10-,22-19-,23-20-,29-27-,30-28-,34-33-,37-36-,62-59-. The third kappa shape index (κ3) is 61.3. The normalized spacial score (nSPS) is 14.2. The van der Waals surface area contributed by atoms with E-state index in [0.717, 1.165) is 122 Å². The lowest BCUT2D eigenvalue weighted by Crippen LogP contribution is -2.47. The van der Waals surface area contributed by atoms with Gasteiger partial charge in [-0.1, -0.05) is 266 Å². The van der Waals surface area contributed by atoms with Crippen molar-refractivity contribution in [1.82, 2.24) is 5.32 Å². The third-order valence-corrected chi connectivity index (χ3v) is 15.5. The molecule has 2 N–H and O–H groups in total. The van der Waals surface area contributed by atoms with Gasteiger partial charge in [-0.25, -0.2) is 4.57 Å². The lowest BCUT2D eigenvalue weighted by molar-refractivity contribution is -0.870. The Kier molecular flexibility index (Phi) is 57.8. The van der Waals surface area contributed by atoms with E-state index in [1.807, 2.05) is 33.3 Å². The maximum Gasteiger partial charge on any atom is 0.472 e. The van der Waals surface area contributed by atoms with E-state index in [4.69, 9.17) is 13.8 Å². The van der Waals surface area contributed by atoms with Crippen LogP contribution in [0.4, 0.5) is 0 Å². The Morgan fingerprint density at radius 3 is 1.21 bits per heavy atom. The Hall–Kier alpha value is -3.07. The summed E-state index contributed by atoms with van der Waals surface area (Å²) < 4.78 is 30.8. The zero-order valence-corrected chi connectivity index (χ0v) is 54.4. The number of amides is 1. The maximum absolute atomic E-state index is 13.6. The van der Waals surface area contributed by atoms with Gasteiger partial charge in [-0.05, 0) is 109 Å². The number of unbranched alkanes of at least 4 members (excludes halogenated alkanes) is 30. The first-order valence-corrected chi connectivity index (χ1v) is 35.1. The second-order valence-electron chi connectivity index (χ2n) is 23.6. The highest BCUT2D eigenvalue weighted by atomic mass is 31.2. The summed E-state index contributed by atoms with van der Waals surface area (Å²) in [6.07, 6.45) is 81.2. The molecule has 3 atom stereocenters. The lowest BCUT2D eigenvalue weighted by Gasteiger charge is -2.27. The Morgan fingerprint density at radius 1 is 0.444 bits per heavy atom. The van der Waals surface area contributed by atoms with Gasteiger partial charge >= 0.3 is 13.8 Å². The molecule has 9 nitrogen and oxygen atoms in total. The van der Waals surface area contributed by atoms with Crippen LogP contribution in [-0.2, 0) is 27.9 Å². The Morgan fingerprint density at radius 2 is 0.790 bits per heavy atom. The van der Waals surface area contributed by atoms with Crippen LogP contribution in [0.2, 0.25) is 0 Å². The average molecular weight is 1150 g/mol. The topological polar surface area (TPSA) is 111 Å². The zero-order valence-electron chi connectivity index (χ0n) is 53.5. The molecule has 0 rings (SSSR count). The molecule has 0 saturated heterocycles. The summed E-state index contributed by atoms with van der Waals surface area (Å²) in [4.78, 5) is 37.8. The summed E-state index contributed by atoms with van der Waals surface area (Å²) in [5.74, 6) is -0.516. The number of hydrogen-bond acceptors (Lipinski definition) is 6. The fourth-order valence-electron chi connectivity index (χ4n) is 9.35. The van der Waals surface area contributed by atoms with Crippen molar-refractivity contribution in [2.75, 3.05) is 40.9 Å².